The largest absolute Gasteiger partial charge is 0.496 e. The van der Waals surface area contributed by atoms with E-state index < -0.39 is 0 Å². The molecule has 0 saturated heterocycles. The summed E-state index contributed by atoms with van der Waals surface area (Å²) < 4.78 is 11.1. The Kier molecular flexibility index (Phi) is 9.00. The van der Waals surface area contributed by atoms with Gasteiger partial charge in [-0.2, -0.15) is 0 Å². The van der Waals surface area contributed by atoms with Crippen LogP contribution < -0.4 is 24.6 Å². The van der Waals surface area contributed by atoms with Gasteiger partial charge in [0.2, 0.25) is 0 Å². The Bertz CT molecular complexity index is 2490. The molecule has 0 aliphatic carbocycles. The molecule has 0 saturated carbocycles. The van der Waals surface area contributed by atoms with E-state index in [0.29, 0.717) is 45.9 Å². The molecule has 272 valence electrons. The average Bonchev–Trinajstić information content (AvgIpc) is 3.75. The summed E-state index contributed by atoms with van der Waals surface area (Å²) in [6.07, 6.45) is 3.53. The number of nitrogens with one attached hydrogen (secondary N) is 1. The summed E-state index contributed by atoms with van der Waals surface area (Å²) in [5, 5.41) is 3.55. The van der Waals surface area contributed by atoms with Crippen molar-refractivity contribution in [3.63, 3.8) is 0 Å². The molecule has 0 unspecified atom stereocenters. The summed E-state index contributed by atoms with van der Waals surface area (Å²) in [6.45, 7) is 0. The van der Waals surface area contributed by atoms with Crippen LogP contribution in [0.3, 0.4) is 0 Å². The Hall–Kier alpha value is -7.17. The lowest BCUT2D eigenvalue weighted by Gasteiger charge is -2.26. The zero-order valence-electron chi connectivity index (χ0n) is 30.3. The molecule has 3 aliphatic rings. The first-order valence-electron chi connectivity index (χ1n) is 17.9. The summed E-state index contributed by atoms with van der Waals surface area (Å²) in [6, 6.07) is 46.3. The standard InChI is InChI=1S/C46H33N5O4S/c1-54-39-19-11-9-17-31(39)25-37-45(52)50(43(48-37)29-13-5-3-6-14-29)33-21-23-35-41(27-33)56-42-28-34(22-24-36(42)47-35)51-44(30-15-7-4-8-16-30)49-38(46(51)53)26-32-18-10-12-20-40(32)55-2/h3-28,47H,1-2H3/b37-25-,38-26+. The first kappa shape index (κ1) is 34.6. The van der Waals surface area contributed by atoms with Crippen molar-refractivity contribution < 1.29 is 19.1 Å². The van der Waals surface area contributed by atoms with Crippen molar-refractivity contribution in [3.05, 3.63) is 179 Å². The molecule has 3 aliphatic heterocycles. The second kappa shape index (κ2) is 14.6. The van der Waals surface area contributed by atoms with Crippen molar-refractivity contribution in [3.8, 4) is 11.5 Å². The lowest BCUT2D eigenvalue weighted by Crippen LogP contribution is -2.32. The van der Waals surface area contributed by atoms with E-state index in [1.165, 1.54) is 0 Å². The second-order valence-corrected chi connectivity index (χ2v) is 14.1. The van der Waals surface area contributed by atoms with Gasteiger partial charge in [-0.1, -0.05) is 109 Å². The fourth-order valence-corrected chi connectivity index (χ4v) is 7.93. The topological polar surface area (TPSA) is 95.8 Å². The van der Waals surface area contributed by atoms with Crippen molar-refractivity contribution in [1.82, 2.24) is 0 Å². The van der Waals surface area contributed by atoms with Crippen molar-refractivity contribution in [2.24, 2.45) is 9.98 Å². The molecule has 0 spiro atoms. The minimum atomic E-state index is -0.247. The monoisotopic (exact) mass is 751 g/mol. The number of hydrogen-bond acceptors (Lipinski definition) is 8. The molecular formula is C46H33N5O4S. The van der Waals surface area contributed by atoms with E-state index in [4.69, 9.17) is 19.5 Å². The van der Waals surface area contributed by atoms with Crippen LogP contribution in [-0.4, -0.2) is 37.7 Å². The number of amidine groups is 2. The highest BCUT2D eigenvalue weighted by Gasteiger charge is 2.35. The maximum atomic E-state index is 14.2. The molecule has 0 fully saturated rings. The molecule has 6 aromatic rings. The molecular weight excluding hydrogens is 719 g/mol. The van der Waals surface area contributed by atoms with Gasteiger partial charge in [0.05, 0.1) is 37.0 Å². The van der Waals surface area contributed by atoms with Crippen LogP contribution in [0.1, 0.15) is 22.3 Å². The third kappa shape index (κ3) is 6.31. The summed E-state index contributed by atoms with van der Waals surface area (Å²) in [7, 11) is 3.21. The summed E-state index contributed by atoms with van der Waals surface area (Å²) in [5.41, 5.74) is 6.90. The molecule has 2 amide bonds. The van der Waals surface area contributed by atoms with E-state index in [-0.39, 0.29) is 11.8 Å². The lowest BCUT2D eigenvalue weighted by molar-refractivity contribution is -0.114. The van der Waals surface area contributed by atoms with Crippen LogP contribution in [-0.2, 0) is 9.59 Å². The summed E-state index contributed by atoms with van der Waals surface area (Å²) >= 11 is 1.56. The highest BCUT2D eigenvalue weighted by molar-refractivity contribution is 7.99. The predicted octanol–water partition coefficient (Wildman–Crippen LogP) is 9.58. The van der Waals surface area contributed by atoms with Gasteiger partial charge in [0, 0.05) is 32.0 Å². The molecule has 0 atom stereocenters. The number of carbonyl (C=O) groups excluding carboxylic acids is 2. The smallest absolute Gasteiger partial charge is 0.282 e. The highest BCUT2D eigenvalue weighted by Crippen LogP contribution is 2.47. The van der Waals surface area contributed by atoms with Gasteiger partial charge >= 0.3 is 0 Å². The Labute approximate surface area is 328 Å². The molecule has 9 rings (SSSR count). The molecule has 3 heterocycles. The van der Waals surface area contributed by atoms with Crippen LogP contribution in [0.15, 0.2) is 177 Å². The number of aliphatic imine (C=N–C) groups is 2. The molecule has 0 radical (unpaired) electrons. The number of rotatable bonds is 8. The van der Waals surface area contributed by atoms with E-state index in [1.807, 2.05) is 146 Å². The fraction of sp³-hybridized carbons (Fsp3) is 0.0435. The number of anilines is 4. The van der Waals surface area contributed by atoms with Crippen LogP contribution in [0.5, 0.6) is 11.5 Å². The maximum absolute atomic E-state index is 14.2. The van der Waals surface area contributed by atoms with Gasteiger partial charge < -0.3 is 14.8 Å². The van der Waals surface area contributed by atoms with Gasteiger partial charge in [0.25, 0.3) is 11.8 Å². The fourth-order valence-electron chi connectivity index (χ4n) is 6.88. The Morgan fingerprint density at radius 1 is 0.536 bits per heavy atom. The summed E-state index contributed by atoms with van der Waals surface area (Å²) in [5.74, 6) is 1.87. The molecule has 9 nitrogen and oxygen atoms in total. The molecule has 56 heavy (non-hydrogen) atoms. The summed E-state index contributed by atoms with van der Waals surface area (Å²) in [4.78, 5) is 43.3. The van der Waals surface area contributed by atoms with Gasteiger partial charge in [0.1, 0.15) is 34.6 Å². The minimum Gasteiger partial charge on any atom is -0.496 e. The van der Waals surface area contributed by atoms with E-state index in [9.17, 15) is 9.59 Å². The zero-order valence-corrected chi connectivity index (χ0v) is 31.2. The minimum absolute atomic E-state index is 0.247. The van der Waals surface area contributed by atoms with Gasteiger partial charge in [-0.05, 0) is 60.7 Å². The highest BCUT2D eigenvalue weighted by atomic mass is 32.2. The number of nitrogens with zero attached hydrogens (tertiary/aromatic N) is 4. The van der Waals surface area contributed by atoms with Gasteiger partial charge in [0.15, 0.2) is 0 Å². The van der Waals surface area contributed by atoms with Crippen molar-refractivity contribution >= 4 is 70.1 Å². The third-order valence-electron chi connectivity index (χ3n) is 9.58. The van der Waals surface area contributed by atoms with E-state index in [0.717, 1.165) is 43.4 Å². The first-order valence-corrected chi connectivity index (χ1v) is 18.7. The van der Waals surface area contributed by atoms with E-state index in [2.05, 4.69) is 5.32 Å². The molecule has 6 aromatic carbocycles. The van der Waals surface area contributed by atoms with Gasteiger partial charge in [-0.25, -0.2) is 9.98 Å². The SMILES string of the molecule is COc1ccccc1/C=C1\N=C(c2ccccc2)N(c2ccc3c(c2)Sc2cc(N4C(=O)/C(=C\c5ccccc5OC)N=C4c4ccccc4)ccc2N3)C1=O. The molecule has 0 bridgehead atoms. The van der Waals surface area contributed by atoms with Crippen molar-refractivity contribution in [2.45, 2.75) is 9.79 Å². The van der Waals surface area contributed by atoms with Crippen LogP contribution in [0.25, 0.3) is 12.2 Å². The van der Waals surface area contributed by atoms with E-state index in [1.54, 1.807) is 47.9 Å². The van der Waals surface area contributed by atoms with Crippen molar-refractivity contribution in [1.29, 1.82) is 0 Å². The second-order valence-electron chi connectivity index (χ2n) is 13.0. The normalized spacial score (nSPS) is 16.0. The zero-order chi connectivity index (χ0) is 38.2. The van der Waals surface area contributed by atoms with Gasteiger partial charge in [-0.15, -0.1) is 0 Å². The number of amides is 2. The predicted molar refractivity (Wildman–Crippen MR) is 223 cm³/mol. The number of benzene rings is 6. The number of para-hydroxylation sites is 2. The van der Waals surface area contributed by atoms with Crippen LogP contribution >= 0.6 is 11.8 Å². The Balaban J connectivity index is 1.06. The third-order valence-corrected chi connectivity index (χ3v) is 10.7. The van der Waals surface area contributed by atoms with Crippen molar-refractivity contribution in [2.75, 3.05) is 29.3 Å². The number of carbonyl (C=O) groups is 2. The molecule has 10 heteroatoms. The number of ether oxygens (including phenoxy) is 2. The molecule has 0 aromatic heterocycles. The Morgan fingerprint density at radius 2 is 0.946 bits per heavy atom. The van der Waals surface area contributed by atoms with Gasteiger partial charge in [-0.3, -0.25) is 19.4 Å². The maximum Gasteiger partial charge on any atom is 0.282 e. The first-order chi connectivity index (χ1) is 27.5. The molecule has 1 N–H and O–H groups in total. The quantitative estimate of drug-likeness (QED) is 0.156. The van der Waals surface area contributed by atoms with Crippen LogP contribution in [0, 0.1) is 0 Å². The number of methoxy groups -OCH3 is 2. The lowest BCUT2D eigenvalue weighted by atomic mass is 10.1. The van der Waals surface area contributed by atoms with Crippen LogP contribution in [0.2, 0.25) is 0 Å². The number of hydrogen-bond donors (Lipinski definition) is 1. The average molecular weight is 752 g/mol. The Morgan fingerprint density at radius 3 is 1.38 bits per heavy atom. The van der Waals surface area contributed by atoms with E-state index >= 15 is 0 Å². The number of fused-ring (bicyclic) bond motifs is 2. The van der Waals surface area contributed by atoms with Crippen LogP contribution in [0.4, 0.5) is 22.7 Å².